The Morgan fingerprint density at radius 3 is 2.33 bits per heavy atom. The van der Waals surface area contributed by atoms with Gasteiger partial charge in [0.2, 0.25) is 10.0 Å². The van der Waals surface area contributed by atoms with Crippen molar-refractivity contribution in [3.63, 3.8) is 0 Å². The molecular formula is C19H23N3O4S. The first-order valence-electron chi connectivity index (χ1n) is 8.89. The highest BCUT2D eigenvalue weighted by Gasteiger charge is 2.30. The maximum Gasteiger partial charge on any atom is 0.270 e. The van der Waals surface area contributed by atoms with Gasteiger partial charge >= 0.3 is 0 Å². The Hall–Kier alpha value is -2.29. The number of nitro benzene ring substituents is 1. The lowest BCUT2D eigenvalue weighted by Crippen LogP contribution is -2.49. The summed E-state index contributed by atoms with van der Waals surface area (Å²) >= 11 is 0. The van der Waals surface area contributed by atoms with Crippen LogP contribution >= 0.6 is 0 Å². The lowest BCUT2D eigenvalue weighted by molar-refractivity contribution is -0.385. The zero-order chi connectivity index (χ0) is 19.4. The summed E-state index contributed by atoms with van der Waals surface area (Å²) < 4.78 is 27.3. The molecule has 2 aromatic carbocycles. The Labute approximate surface area is 159 Å². The van der Waals surface area contributed by atoms with Crippen LogP contribution in [0.15, 0.2) is 53.4 Å². The Kier molecular flexibility index (Phi) is 5.88. The molecule has 0 bridgehead atoms. The molecule has 3 rings (SSSR count). The van der Waals surface area contributed by atoms with Gasteiger partial charge in [0.05, 0.1) is 9.82 Å². The number of rotatable bonds is 6. The molecule has 1 fully saturated rings. The first-order valence-corrected chi connectivity index (χ1v) is 10.3. The van der Waals surface area contributed by atoms with E-state index >= 15 is 0 Å². The van der Waals surface area contributed by atoms with E-state index in [1.54, 1.807) is 6.92 Å². The van der Waals surface area contributed by atoms with Crippen LogP contribution in [0.2, 0.25) is 0 Å². The van der Waals surface area contributed by atoms with Crippen molar-refractivity contribution in [1.29, 1.82) is 0 Å². The standard InChI is InChI=1S/C19H23N3O4S/c1-16-7-8-18(22(23)24)15-19(16)27(25,26)21-13-11-20(12-14-21)10-9-17-5-3-2-4-6-17/h2-8,15H,9-14H2,1H3. The van der Waals surface area contributed by atoms with Crippen molar-refractivity contribution in [2.24, 2.45) is 0 Å². The minimum absolute atomic E-state index is 0.0226. The van der Waals surface area contributed by atoms with Crippen molar-refractivity contribution < 1.29 is 13.3 Å². The first-order chi connectivity index (χ1) is 12.9. The molecule has 1 aliphatic rings. The van der Waals surface area contributed by atoms with Crippen molar-refractivity contribution in [1.82, 2.24) is 9.21 Å². The second-order valence-electron chi connectivity index (χ2n) is 6.69. The van der Waals surface area contributed by atoms with Crippen molar-refractivity contribution in [2.45, 2.75) is 18.2 Å². The van der Waals surface area contributed by atoms with E-state index < -0.39 is 14.9 Å². The fourth-order valence-corrected chi connectivity index (χ4v) is 4.91. The monoisotopic (exact) mass is 389 g/mol. The fraction of sp³-hybridized carbons (Fsp3) is 0.368. The van der Waals surface area contributed by atoms with Gasteiger partial charge in [0, 0.05) is 44.9 Å². The number of piperazine rings is 1. The van der Waals surface area contributed by atoms with Crippen LogP contribution in [0.3, 0.4) is 0 Å². The van der Waals surface area contributed by atoms with E-state index in [1.165, 1.54) is 22.0 Å². The van der Waals surface area contributed by atoms with Crippen LogP contribution in [0.4, 0.5) is 5.69 Å². The summed E-state index contributed by atoms with van der Waals surface area (Å²) in [6.07, 6.45) is 0.928. The lowest BCUT2D eigenvalue weighted by atomic mass is 10.1. The van der Waals surface area contributed by atoms with Crippen molar-refractivity contribution >= 4 is 15.7 Å². The SMILES string of the molecule is Cc1ccc([N+](=O)[O-])cc1S(=O)(=O)N1CCN(CCc2ccccc2)CC1. The molecule has 0 saturated carbocycles. The molecule has 0 aliphatic carbocycles. The third kappa shape index (κ3) is 4.52. The molecule has 0 radical (unpaired) electrons. The second kappa shape index (κ2) is 8.16. The highest BCUT2D eigenvalue weighted by Crippen LogP contribution is 2.25. The quantitative estimate of drug-likeness (QED) is 0.560. The molecular weight excluding hydrogens is 366 g/mol. The number of non-ortho nitro benzene ring substituents is 1. The van der Waals surface area contributed by atoms with Crippen LogP contribution in [-0.4, -0.2) is 55.3 Å². The average Bonchev–Trinajstić information content (AvgIpc) is 2.67. The number of sulfonamides is 1. The van der Waals surface area contributed by atoms with Gasteiger partial charge in [0.25, 0.3) is 5.69 Å². The molecule has 1 aliphatic heterocycles. The number of hydrogen-bond acceptors (Lipinski definition) is 5. The summed E-state index contributed by atoms with van der Waals surface area (Å²) in [7, 11) is -3.74. The molecule has 7 nitrogen and oxygen atoms in total. The zero-order valence-corrected chi connectivity index (χ0v) is 16.1. The number of nitro groups is 1. The van der Waals surface area contributed by atoms with E-state index in [2.05, 4.69) is 17.0 Å². The number of benzene rings is 2. The molecule has 1 heterocycles. The molecule has 0 atom stereocenters. The summed E-state index contributed by atoms with van der Waals surface area (Å²) in [5.74, 6) is 0. The Morgan fingerprint density at radius 1 is 1.04 bits per heavy atom. The van der Waals surface area contributed by atoms with E-state index in [1.807, 2.05) is 18.2 Å². The van der Waals surface area contributed by atoms with Gasteiger partial charge in [-0.15, -0.1) is 0 Å². The molecule has 0 unspecified atom stereocenters. The predicted molar refractivity (Wildman–Crippen MR) is 103 cm³/mol. The average molecular weight is 389 g/mol. The molecule has 0 amide bonds. The fourth-order valence-electron chi connectivity index (χ4n) is 3.24. The van der Waals surface area contributed by atoms with Gasteiger partial charge < -0.3 is 4.90 Å². The Balaban J connectivity index is 1.65. The highest BCUT2D eigenvalue weighted by molar-refractivity contribution is 7.89. The topological polar surface area (TPSA) is 83.8 Å². The molecule has 0 aromatic heterocycles. The second-order valence-corrected chi connectivity index (χ2v) is 8.59. The van der Waals surface area contributed by atoms with Crippen LogP contribution in [0.5, 0.6) is 0 Å². The van der Waals surface area contributed by atoms with E-state index in [-0.39, 0.29) is 10.6 Å². The molecule has 27 heavy (non-hydrogen) atoms. The summed E-state index contributed by atoms with van der Waals surface area (Å²) in [4.78, 5) is 12.7. The molecule has 144 valence electrons. The summed E-state index contributed by atoms with van der Waals surface area (Å²) in [6, 6.07) is 14.2. The molecule has 2 aromatic rings. The minimum Gasteiger partial charge on any atom is -0.300 e. The van der Waals surface area contributed by atoms with Crippen LogP contribution in [0.1, 0.15) is 11.1 Å². The van der Waals surface area contributed by atoms with Gasteiger partial charge in [0.15, 0.2) is 0 Å². The van der Waals surface area contributed by atoms with Gasteiger partial charge in [-0.05, 0) is 24.5 Å². The maximum atomic E-state index is 13.0. The number of nitrogens with zero attached hydrogens (tertiary/aromatic N) is 3. The van der Waals surface area contributed by atoms with Crippen molar-refractivity contribution in [2.75, 3.05) is 32.7 Å². The lowest BCUT2D eigenvalue weighted by Gasteiger charge is -2.34. The third-order valence-corrected chi connectivity index (χ3v) is 6.93. The third-order valence-electron chi connectivity index (χ3n) is 4.89. The largest absolute Gasteiger partial charge is 0.300 e. The van der Waals surface area contributed by atoms with Crippen LogP contribution in [-0.2, 0) is 16.4 Å². The van der Waals surface area contributed by atoms with E-state index in [0.717, 1.165) is 19.0 Å². The summed E-state index contributed by atoms with van der Waals surface area (Å²) in [5.41, 5.74) is 1.58. The van der Waals surface area contributed by atoms with Crippen LogP contribution in [0.25, 0.3) is 0 Å². The Morgan fingerprint density at radius 2 is 1.70 bits per heavy atom. The smallest absolute Gasteiger partial charge is 0.270 e. The number of hydrogen-bond donors (Lipinski definition) is 0. The summed E-state index contributed by atoms with van der Waals surface area (Å²) in [5, 5.41) is 11.0. The predicted octanol–water partition coefficient (Wildman–Crippen LogP) is 2.45. The Bertz CT molecular complexity index is 908. The molecule has 0 N–H and O–H groups in total. The van der Waals surface area contributed by atoms with Gasteiger partial charge in [-0.25, -0.2) is 8.42 Å². The van der Waals surface area contributed by atoms with E-state index in [0.29, 0.717) is 31.7 Å². The highest BCUT2D eigenvalue weighted by atomic mass is 32.2. The molecule has 0 spiro atoms. The van der Waals surface area contributed by atoms with E-state index in [4.69, 9.17) is 0 Å². The summed E-state index contributed by atoms with van der Waals surface area (Å²) in [6.45, 7) is 4.62. The van der Waals surface area contributed by atoms with Crippen molar-refractivity contribution in [3.05, 3.63) is 69.8 Å². The van der Waals surface area contributed by atoms with Crippen molar-refractivity contribution in [3.8, 4) is 0 Å². The zero-order valence-electron chi connectivity index (χ0n) is 15.2. The normalized spacial score (nSPS) is 16.3. The van der Waals surface area contributed by atoms with Gasteiger partial charge in [-0.3, -0.25) is 10.1 Å². The van der Waals surface area contributed by atoms with Gasteiger partial charge in [0.1, 0.15) is 0 Å². The maximum absolute atomic E-state index is 13.0. The molecule has 1 saturated heterocycles. The molecule has 8 heteroatoms. The van der Waals surface area contributed by atoms with Crippen LogP contribution in [0, 0.1) is 17.0 Å². The van der Waals surface area contributed by atoms with E-state index in [9.17, 15) is 18.5 Å². The minimum atomic E-state index is -3.74. The van der Waals surface area contributed by atoms with Gasteiger partial charge in [-0.2, -0.15) is 4.31 Å². The van der Waals surface area contributed by atoms with Crippen LogP contribution < -0.4 is 0 Å². The van der Waals surface area contributed by atoms with Gasteiger partial charge in [-0.1, -0.05) is 36.4 Å². The first kappa shape index (κ1) is 19.5. The number of aryl methyl sites for hydroxylation is 1.